The van der Waals surface area contributed by atoms with E-state index in [0.29, 0.717) is 35.0 Å². The lowest BCUT2D eigenvalue weighted by atomic mass is 9.44. The van der Waals surface area contributed by atoms with Gasteiger partial charge in [0.2, 0.25) is 5.43 Å². The van der Waals surface area contributed by atoms with Crippen molar-refractivity contribution in [1.82, 2.24) is 9.47 Å². The van der Waals surface area contributed by atoms with E-state index in [4.69, 9.17) is 0 Å². The van der Waals surface area contributed by atoms with E-state index in [2.05, 4.69) is 37.7 Å². The zero-order chi connectivity index (χ0) is 29.7. The summed E-state index contributed by atoms with van der Waals surface area (Å²) in [5.74, 6) is 2.04. The number of benzene rings is 1. The lowest BCUT2D eigenvalue weighted by molar-refractivity contribution is -0.117. The second kappa shape index (κ2) is 9.80. The predicted octanol–water partition coefficient (Wildman–Crippen LogP) is 6.64. The minimum atomic E-state index is -1.27. The number of nitrogens with zero attached hydrogens (tertiary/aromatic N) is 3. The Hall–Kier alpha value is -2.41. The minimum Gasteiger partial charge on any atom is -0.477 e. The maximum atomic E-state index is 15.9. The van der Waals surface area contributed by atoms with Crippen molar-refractivity contribution in [2.24, 2.45) is 40.4 Å². The number of aryl methyl sites for hydroxylation is 1. The third-order valence-corrected chi connectivity index (χ3v) is 13.7. The fourth-order valence-electron chi connectivity index (χ4n) is 11.6. The summed E-state index contributed by atoms with van der Waals surface area (Å²) in [6.45, 7) is 8.25. The molecule has 1 saturated heterocycles. The molecule has 42 heavy (non-hydrogen) atoms. The number of carbonyl (C=O) groups is 1. The van der Waals surface area contributed by atoms with Crippen molar-refractivity contribution in [3.8, 4) is 0 Å². The van der Waals surface area contributed by atoms with Gasteiger partial charge in [-0.05, 0) is 138 Å². The zero-order valence-corrected chi connectivity index (χ0v) is 26.0. The molecular formula is C35H48FN3O3. The van der Waals surface area contributed by atoms with Gasteiger partial charge in [0, 0.05) is 36.8 Å². The van der Waals surface area contributed by atoms with Gasteiger partial charge >= 0.3 is 5.97 Å². The average molecular weight is 578 g/mol. The number of aromatic carboxylic acids is 1. The van der Waals surface area contributed by atoms with Gasteiger partial charge in [-0.1, -0.05) is 6.92 Å². The van der Waals surface area contributed by atoms with E-state index in [1.54, 1.807) is 4.57 Å². The van der Waals surface area contributed by atoms with Gasteiger partial charge in [-0.25, -0.2) is 9.18 Å². The smallest absolute Gasteiger partial charge is 0.341 e. The molecule has 0 radical (unpaired) electrons. The number of anilines is 1. The summed E-state index contributed by atoms with van der Waals surface area (Å²) in [4.78, 5) is 29.4. The van der Waals surface area contributed by atoms with E-state index in [0.717, 1.165) is 30.3 Å². The van der Waals surface area contributed by atoms with E-state index in [-0.39, 0.29) is 22.4 Å². The number of hydrogen-bond acceptors (Lipinski definition) is 4. The second-order valence-corrected chi connectivity index (χ2v) is 15.2. The summed E-state index contributed by atoms with van der Waals surface area (Å²) in [5.41, 5.74) is 0.968. The first-order chi connectivity index (χ1) is 20.0. The zero-order valence-electron chi connectivity index (χ0n) is 26.0. The standard InChI is InChI=1S/C35H48FN3O3/c1-6-38-18-25(33(41)42)32(40)24-16-29(36)31(17-30(24)38)39-19-35-14-12-27-23(28(35)10-9-26(35)20(39)2)8-7-21-15-22(37(4)5)11-13-34(21,27)3/h16-18,20-23,26-28H,6-15,19H2,1-5H3,(H,41,42)/t20-,21?,22-,23+,26+,27-,28-,34-,35-/m0/s1. The highest BCUT2D eigenvalue weighted by Crippen LogP contribution is 2.70. The molecule has 7 rings (SSSR count). The van der Waals surface area contributed by atoms with Gasteiger partial charge in [-0.2, -0.15) is 0 Å². The first-order valence-electron chi connectivity index (χ1n) is 16.5. The SMILES string of the molecule is CCn1cc(C(=O)O)c(=O)c2cc(F)c(N3C[C@]45CC[C@H]6[C@@H](CCC7C[C@@H](N(C)C)CC[C@@]76C)[C@@H]4CC[C@@H]5[C@@H]3C)cc21. The molecule has 5 fully saturated rings. The molecule has 1 unspecified atom stereocenters. The van der Waals surface area contributed by atoms with Gasteiger partial charge in [-0.15, -0.1) is 0 Å². The number of rotatable bonds is 4. The highest BCUT2D eigenvalue weighted by molar-refractivity contribution is 5.93. The highest BCUT2D eigenvalue weighted by Gasteiger charge is 2.65. The van der Waals surface area contributed by atoms with Crippen molar-refractivity contribution in [3.05, 3.63) is 39.9 Å². The first kappa shape index (κ1) is 28.4. The molecular weight excluding hydrogens is 529 g/mol. The normalized spacial score (nSPS) is 39.2. The molecule has 0 amide bonds. The van der Waals surface area contributed by atoms with Crippen LogP contribution in [0.3, 0.4) is 0 Å². The number of pyridine rings is 1. The Kier molecular flexibility index (Phi) is 6.62. The Morgan fingerprint density at radius 2 is 1.83 bits per heavy atom. The molecule has 0 bridgehead atoms. The van der Waals surface area contributed by atoms with E-state index in [1.807, 2.05) is 13.0 Å². The number of carboxylic acid groups (broad SMARTS) is 1. The third-order valence-electron chi connectivity index (χ3n) is 13.7. The van der Waals surface area contributed by atoms with Crippen LogP contribution in [0.4, 0.5) is 10.1 Å². The molecule has 1 N–H and O–H groups in total. The number of halogens is 1. The Bertz CT molecular complexity index is 1490. The van der Waals surface area contributed by atoms with E-state index < -0.39 is 17.2 Å². The second-order valence-electron chi connectivity index (χ2n) is 15.2. The van der Waals surface area contributed by atoms with Crippen LogP contribution >= 0.6 is 0 Å². The van der Waals surface area contributed by atoms with Crippen LogP contribution in [-0.2, 0) is 6.54 Å². The van der Waals surface area contributed by atoms with Crippen molar-refractivity contribution >= 4 is 22.6 Å². The van der Waals surface area contributed by atoms with Crippen molar-refractivity contribution in [1.29, 1.82) is 0 Å². The summed E-state index contributed by atoms with van der Waals surface area (Å²) in [6, 6.07) is 4.09. The molecule has 5 aliphatic rings. The van der Waals surface area contributed by atoms with Gasteiger partial charge in [0.05, 0.1) is 11.2 Å². The van der Waals surface area contributed by atoms with E-state index >= 15 is 4.39 Å². The molecule has 9 atom stereocenters. The molecule has 4 saturated carbocycles. The first-order valence-corrected chi connectivity index (χ1v) is 16.5. The van der Waals surface area contributed by atoms with Gasteiger partial charge in [0.1, 0.15) is 11.4 Å². The largest absolute Gasteiger partial charge is 0.477 e. The highest BCUT2D eigenvalue weighted by atomic mass is 19.1. The third kappa shape index (κ3) is 3.83. The molecule has 1 aromatic heterocycles. The quantitative estimate of drug-likeness (QED) is 0.442. The van der Waals surface area contributed by atoms with Crippen LogP contribution in [0.5, 0.6) is 0 Å². The molecule has 2 heterocycles. The minimum absolute atomic E-state index is 0.149. The van der Waals surface area contributed by atoms with Crippen LogP contribution in [0.1, 0.15) is 88.9 Å². The summed E-state index contributed by atoms with van der Waals surface area (Å²) < 4.78 is 17.7. The van der Waals surface area contributed by atoms with E-state index in [1.165, 1.54) is 70.1 Å². The van der Waals surface area contributed by atoms with Crippen LogP contribution in [0, 0.1) is 46.2 Å². The van der Waals surface area contributed by atoms with Crippen LogP contribution in [-0.4, -0.2) is 53.3 Å². The van der Waals surface area contributed by atoms with Crippen LogP contribution < -0.4 is 10.3 Å². The van der Waals surface area contributed by atoms with Crippen molar-refractivity contribution in [2.75, 3.05) is 25.5 Å². The Labute approximate surface area is 249 Å². The molecule has 1 spiro atoms. The van der Waals surface area contributed by atoms with Gasteiger partial charge in [-0.3, -0.25) is 4.79 Å². The van der Waals surface area contributed by atoms with Gasteiger partial charge < -0.3 is 19.5 Å². The molecule has 1 aliphatic heterocycles. The molecule has 228 valence electrons. The Balaban J connectivity index is 1.21. The summed E-state index contributed by atoms with van der Waals surface area (Å²) >= 11 is 0. The molecule has 2 aromatic rings. The van der Waals surface area contributed by atoms with Gasteiger partial charge in [0.15, 0.2) is 0 Å². The molecule has 1 aromatic carbocycles. The van der Waals surface area contributed by atoms with Gasteiger partial charge in [0.25, 0.3) is 0 Å². The number of carboxylic acids is 1. The maximum absolute atomic E-state index is 15.9. The summed E-state index contributed by atoms with van der Waals surface area (Å²) in [7, 11) is 4.50. The fraction of sp³-hybridized carbons (Fsp3) is 0.714. The van der Waals surface area contributed by atoms with Crippen LogP contribution in [0.15, 0.2) is 23.1 Å². The number of fused-ring (bicyclic) bond motifs is 5. The number of aromatic nitrogens is 1. The van der Waals surface area contributed by atoms with Crippen LogP contribution in [0.2, 0.25) is 0 Å². The summed E-state index contributed by atoms with van der Waals surface area (Å²) in [6.07, 6.45) is 13.3. The molecule has 7 heteroatoms. The fourth-order valence-corrected chi connectivity index (χ4v) is 11.6. The summed E-state index contributed by atoms with van der Waals surface area (Å²) in [5, 5.41) is 9.70. The number of hydrogen-bond donors (Lipinski definition) is 1. The Morgan fingerprint density at radius 1 is 1.07 bits per heavy atom. The van der Waals surface area contributed by atoms with Crippen molar-refractivity contribution in [2.45, 2.75) is 97.2 Å². The maximum Gasteiger partial charge on any atom is 0.341 e. The molecule has 6 nitrogen and oxygen atoms in total. The average Bonchev–Trinajstić information content (AvgIpc) is 3.46. The van der Waals surface area contributed by atoms with Crippen molar-refractivity contribution in [3.63, 3.8) is 0 Å². The predicted molar refractivity (Wildman–Crippen MR) is 165 cm³/mol. The lowest BCUT2D eigenvalue weighted by Gasteiger charge is -2.61. The van der Waals surface area contributed by atoms with Crippen LogP contribution in [0.25, 0.3) is 10.9 Å². The molecule has 4 aliphatic carbocycles. The topological polar surface area (TPSA) is 65.8 Å². The Morgan fingerprint density at radius 3 is 2.55 bits per heavy atom. The van der Waals surface area contributed by atoms with Crippen molar-refractivity contribution < 1.29 is 14.3 Å². The lowest BCUT2D eigenvalue weighted by Crippen LogP contribution is -2.55. The monoisotopic (exact) mass is 577 g/mol. The van der Waals surface area contributed by atoms with E-state index in [9.17, 15) is 14.7 Å².